The molecule has 5 heteroatoms. The van der Waals surface area contributed by atoms with E-state index >= 15 is 0 Å². The summed E-state index contributed by atoms with van der Waals surface area (Å²) < 4.78 is 1.04. The fourth-order valence-corrected chi connectivity index (χ4v) is 3.07. The number of anilines is 1. The van der Waals surface area contributed by atoms with E-state index in [4.69, 9.17) is 18.0 Å². The van der Waals surface area contributed by atoms with Gasteiger partial charge in [0.05, 0.1) is 0 Å². The van der Waals surface area contributed by atoms with Gasteiger partial charge in [0.25, 0.3) is 0 Å². The average molecular weight is 342 g/mol. The summed E-state index contributed by atoms with van der Waals surface area (Å²) in [6.07, 6.45) is 2.43. The van der Waals surface area contributed by atoms with Gasteiger partial charge in [0.2, 0.25) is 0 Å². The Labute approximate surface area is 128 Å². The van der Waals surface area contributed by atoms with Gasteiger partial charge < -0.3 is 16.0 Å². The summed E-state index contributed by atoms with van der Waals surface area (Å²) in [6.45, 7) is 5.61. The number of nitrogens with two attached hydrogens (primary N) is 1. The van der Waals surface area contributed by atoms with E-state index in [0.29, 0.717) is 11.0 Å². The van der Waals surface area contributed by atoms with Gasteiger partial charge in [0.15, 0.2) is 0 Å². The molecule has 0 aromatic heterocycles. The van der Waals surface area contributed by atoms with Crippen LogP contribution in [0.25, 0.3) is 0 Å². The van der Waals surface area contributed by atoms with Crippen molar-refractivity contribution >= 4 is 38.8 Å². The molecule has 0 spiro atoms. The number of halogens is 1. The molecule has 2 rings (SSSR count). The monoisotopic (exact) mass is 341 g/mol. The largest absolute Gasteiger partial charge is 0.389 e. The first-order chi connectivity index (χ1) is 9.10. The molecule has 1 aromatic carbocycles. The summed E-state index contributed by atoms with van der Waals surface area (Å²) in [5.41, 5.74) is 7.74. The van der Waals surface area contributed by atoms with Crippen molar-refractivity contribution in [1.82, 2.24) is 4.90 Å². The molecule has 1 aliphatic heterocycles. The number of likely N-dealkylation sites (tertiary alicyclic amines) is 1. The van der Waals surface area contributed by atoms with Crippen LogP contribution in [0, 0.1) is 0 Å². The number of rotatable bonds is 4. The second-order valence-corrected chi connectivity index (χ2v) is 6.29. The predicted molar refractivity (Wildman–Crippen MR) is 88.8 cm³/mol. The van der Waals surface area contributed by atoms with Crippen LogP contribution in [0.4, 0.5) is 5.69 Å². The van der Waals surface area contributed by atoms with Crippen molar-refractivity contribution in [3.63, 3.8) is 0 Å². The molecule has 1 unspecified atom stereocenters. The van der Waals surface area contributed by atoms with Crippen LogP contribution in [0.3, 0.4) is 0 Å². The Kier molecular flexibility index (Phi) is 5.19. The lowest BCUT2D eigenvalue weighted by Gasteiger charge is -2.33. The van der Waals surface area contributed by atoms with E-state index in [9.17, 15) is 0 Å². The second kappa shape index (κ2) is 6.68. The van der Waals surface area contributed by atoms with E-state index in [2.05, 4.69) is 39.1 Å². The van der Waals surface area contributed by atoms with Crippen LogP contribution in [0.1, 0.15) is 25.3 Å². The molecule has 104 valence electrons. The lowest BCUT2D eigenvalue weighted by atomic mass is 10.0. The lowest BCUT2D eigenvalue weighted by Crippen LogP contribution is -2.42. The van der Waals surface area contributed by atoms with Crippen LogP contribution in [0.2, 0.25) is 0 Å². The molecule has 0 radical (unpaired) electrons. The van der Waals surface area contributed by atoms with Crippen molar-refractivity contribution in [3.8, 4) is 0 Å². The van der Waals surface area contributed by atoms with E-state index < -0.39 is 0 Å². The minimum absolute atomic E-state index is 0.443. The molecule has 1 aromatic rings. The first-order valence-electron chi connectivity index (χ1n) is 6.68. The SMILES string of the molecule is CCN1CCCC(Nc2cc(Br)ccc2C(N)=S)C1. The van der Waals surface area contributed by atoms with Gasteiger partial charge in [0.1, 0.15) is 4.99 Å². The zero-order valence-corrected chi connectivity index (χ0v) is 13.6. The van der Waals surface area contributed by atoms with Gasteiger partial charge in [-0.15, -0.1) is 0 Å². The van der Waals surface area contributed by atoms with Crippen molar-refractivity contribution in [3.05, 3.63) is 28.2 Å². The van der Waals surface area contributed by atoms with E-state index in [0.717, 1.165) is 28.8 Å². The third kappa shape index (κ3) is 3.91. The van der Waals surface area contributed by atoms with Crippen LogP contribution in [0.5, 0.6) is 0 Å². The van der Waals surface area contributed by atoms with Crippen LogP contribution < -0.4 is 11.1 Å². The molecule has 1 saturated heterocycles. The summed E-state index contributed by atoms with van der Waals surface area (Å²) in [5, 5.41) is 3.60. The maximum absolute atomic E-state index is 5.79. The standard InChI is InChI=1S/C14H20BrN3S/c1-2-18-7-3-4-11(9-18)17-13-8-10(15)5-6-12(13)14(16)19/h5-6,8,11,17H,2-4,7,9H2,1H3,(H2,16,19). The average Bonchev–Trinajstić information content (AvgIpc) is 2.38. The number of benzene rings is 1. The Balaban J connectivity index is 2.13. The van der Waals surface area contributed by atoms with Gasteiger partial charge in [-0.25, -0.2) is 0 Å². The van der Waals surface area contributed by atoms with Crippen molar-refractivity contribution in [2.45, 2.75) is 25.8 Å². The van der Waals surface area contributed by atoms with E-state index in [1.165, 1.54) is 19.4 Å². The highest BCUT2D eigenvalue weighted by Crippen LogP contribution is 2.24. The van der Waals surface area contributed by atoms with Crippen LogP contribution in [-0.2, 0) is 0 Å². The van der Waals surface area contributed by atoms with Crippen molar-refractivity contribution in [2.24, 2.45) is 5.73 Å². The molecule has 19 heavy (non-hydrogen) atoms. The molecule has 0 saturated carbocycles. The number of hydrogen-bond donors (Lipinski definition) is 2. The highest BCUT2D eigenvalue weighted by Gasteiger charge is 2.19. The molecule has 1 fully saturated rings. The topological polar surface area (TPSA) is 41.3 Å². The van der Waals surface area contributed by atoms with Gasteiger partial charge in [-0.2, -0.15) is 0 Å². The van der Waals surface area contributed by atoms with Gasteiger partial charge in [-0.1, -0.05) is 35.1 Å². The maximum atomic E-state index is 5.79. The minimum atomic E-state index is 0.443. The molecule has 0 aliphatic carbocycles. The van der Waals surface area contributed by atoms with E-state index in [1.807, 2.05) is 12.1 Å². The van der Waals surface area contributed by atoms with Crippen molar-refractivity contribution < 1.29 is 0 Å². The summed E-state index contributed by atoms with van der Waals surface area (Å²) in [5.74, 6) is 0. The molecule has 0 amide bonds. The predicted octanol–water partition coefficient (Wildman–Crippen LogP) is 2.98. The second-order valence-electron chi connectivity index (χ2n) is 4.93. The zero-order chi connectivity index (χ0) is 13.8. The molecular formula is C14H20BrN3S. The summed E-state index contributed by atoms with van der Waals surface area (Å²) >= 11 is 8.62. The number of nitrogens with one attached hydrogen (secondary N) is 1. The zero-order valence-electron chi connectivity index (χ0n) is 11.2. The van der Waals surface area contributed by atoms with Crippen molar-refractivity contribution in [1.29, 1.82) is 0 Å². The first kappa shape index (κ1) is 14.8. The fraction of sp³-hybridized carbons (Fsp3) is 0.500. The minimum Gasteiger partial charge on any atom is -0.389 e. The van der Waals surface area contributed by atoms with Crippen molar-refractivity contribution in [2.75, 3.05) is 25.0 Å². The maximum Gasteiger partial charge on any atom is 0.106 e. The Hall–Kier alpha value is -0.650. The first-order valence-corrected chi connectivity index (χ1v) is 7.88. The molecule has 3 N–H and O–H groups in total. The Morgan fingerprint density at radius 3 is 3.05 bits per heavy atom. The Bertz CT molecular complexity index is 464. The summed E-state index contributed by atoms with van der Waals surface area (Å²) in [7, 11) is 0. The molecule has 0 bridgehead atoms. The van der Waals surface area contributed by atoms with E-state index in [1.54, 1.807) is 0 Å². The number of nitrogens with zero attached hydrogens (tertiary/aromatic N) is 1. The quantitative estimate of drug-likeness (QED) is 0.826. The number of likely N-dealkylation sites (N-methyl/N-ethyl adjacent to an activating group) is 1. The van der Waals surface area contributed by atoms with E-state index in [-0.39, 0.29) is 0 Å². The molecule has 1 aliphatic rings. The smallest absolute Gasteiger partial charge is 0.106 e. The molecule has 3 nitrogen and oxygen atoms in total. The van der Waals surface area contributed by atoms with Crippen LogP contribution >= 0.6 is 28.1 Å². The highest BCUT2D eigenvalue weighted by atomic mass is 79.9. The molecule has 1 atom stereocenters. The van der Waals surface area contributed by atoms with Gasteiger partial charge in [-0.05, 0) is 44.1 Å². The van der Waals surface area contributed by atoms with Gasteiger partial charge in [0, 0.05) is 28.3 Å². The normalized spacial score (nSPS) is 20.2. The van der Waals surface area contributed by atoms with Crippen LogP contribution in [-0.4, -0.2) is 35.6 Å². The number of thiocarbonyl (C=S) groups is 1. The van der Waals surface area contributed by atoms with Crippen LogP contribution in [0.15, 0.2) is 22.7 Å². The molecule has 1 heterocycles. The highest BCUT2D eigenvalue weighted by molar-refractivity contribution is 9.10. The van der Waals surface area contributed by atoms with Gasteiger partial charge in [-0.3, -0.25) is 0 Å². The number of hydrogen-bond acceptors (Lipinski definition) is 3. The molecular weight excluding hydrogens is 322 g/mol. The Morgan fingerprint density at radius 1 is 1.58 bits per heavy atom. The third-order valence-corrected chi connectivity index (χ3v) is 4.27. The number of piperidine rings is 1. The fourth-order valence-electron chi connectivity index (χ4n) is 2.53. The summed E-state index contributed by atoms with van der Waals surface area (Å²) in [6, 6.07) is 6.46. The Morgan fingerprint density at radius 2 is 2.37 bits per heavy atom. The lowest BCUT2D eigenvalue weighted by molar-refractivity contribution is 0.227. The summed E-state index contributed by atoms with van der Waals surface area (Å²) in [4.78, 5) is 2.91. The van der Waals surface area contributed by atoms with Gasteiger partial charge >= 0.3 is 0 Å². The third-order valence-electron chi connectivity index (χ3n) is 3.56.